The number of hydrogen-bond acceptors (Lipinski definition) is 6. The number of carboxylic acid groups (broad SMARTS) is 1. The van der Waals surface area contributed by atoms with Crippen LogP contribution in [0.1, 0.15) is 5.56 Å². The summed E-state index contributed by atoms with van der Waals surface area (Å²) in [5.74, 6) is -0.654. The molecule has 8 nitrogen and oxygen atoms in total. The summed E-state index contributed by atoms with van der Waals surface area (Å²) in [5.41, 5.74) is 0.445. The number of rotatable bonds is 3. The molecule has 1 atom stereocenters. The van der Waals surface area contributed by atoms with Crippen molar-refractivity contribution >= 4 is 17.5 Å². The van der Waals surface area contributed by atoms with Crippen LogP contribution in [0.5, 0.6) is 0 Å². The number of nitrogens with zero attached hydrogens (tertiary/aromatic N) is 3. The quantitative estimate of drug-likeness (QED) is 0.630. The highest BCUT2D eigenvalue weighted by Gasteiger charge is 2.27. The summed E-state index contributed by atoms with van der Waals surface area (Å²) in [6.45, 7) is 2.44. The van der Waals surface area contributed by atoms with Gasteiger partial charge in [0.05, 0.1) is 24.1 Å². The summed E-state index contributed by atoms with van der Waals surface area (Å²) >= 11 is 0. The van der Waals surface area contributed by atoms with Crippen molar-refractivity contribution in [1.82, 2.24) is 4.98 Å². The summed E-state index contributed by atoms with van der Waals surface area (Å²) in [5, 5.41) is 19.8. The van der Waals surface area contributed by atoms with Gasteiger partial charge in [-0.1, -0.05) is 0 Å². The van der Waals surface area contributed by atoms with Crippen molar-refractivity contribution in [2.75, 3.05) is 24.6 Å². The zero-order chi connectivity index (χ0) is 14.0. The Hall–Kier alpha value is -2.22. The van der Waals surface area contributed by atoms with Gasteiger partial charge in [-0.2, -0.15) is 0 Å². The zero-order valence-electron chi connectivity index (χ0n) is 10.3. The topological polar surface area (TPSA) is 106 Å². The lowest BCUT2D eigenvalue weighted by molar-refractivity contribution is -0.385. The first-order chi connectivity index (χ1) is 8.99. The number of aromatic nitrogens is 1. The van der Waals surface area contributed by atoms with E-state index in [0.29, 0.717) is 17.9 Å². The van der Waals surface area contributed by atoms with Crippen molar-refractivity contribution in [3.05, 3.63) is 27.9 Å². The molecular weight excluding hydrogens is 254 g/mol. The number of carbonyl (C=O) groups is 1. The fourth-order valence-corrected chi connectivity index (χ4v) is 1.88. The molecule has 19 heavy (non-hydrogen) atoms. The second-order valence-corrected chi connectivity index (χ2v) is 4.23. The number of ether oxygens (including phenoxy) is 1. The normalized spacial score (nSPS) is 19.2. The van der Waals surface area contributed by atoms with Gasteiger partial charge in [0.1, 0.15) is 5.82 Å². The zero-order valence-corrected chi connectivity index (χ0v) is 10.3. The van der Waals surface area contributed by atoms with Crippen LogP contribution >= 0.6 is 0 Å². The molecule has 0 bridgehead atoms. The van der Waals surface area contributed by atoms with Crippen LogP contribution in [-0.2, 0) is 9.53 Å². The van der Waals surface area contributed by atoms with Crippen LogP contribution in [-0.4, -0.2) is 46.8 Å². The minimum Gasteiger partial charge on any atom is -0.479 e. The van der Waals surface area contributed by atoms with Crippen molar-refractivity contribution in [2.45, 2.75) is 13.0 Å². The van der Waals surface area contributed by atoms with E-state index < -0.39 is 17.0 Å². The van der Waals surface area contributed by atoms with E-state index in [1.54, 1.807) is 11.8 Å². The third kappa shape index (κ3) is 2.79. The Balaban J connectivity index is 2.24. The number of aryl methyl sites for hydroxylation is 1. The van der Waals surface area contributed by atoms with E-state index in [2.05, 4.69) is 4.98 Å². The van der Waals surface area contributed by atoms with Gasteiger partial charge in [0.2, 0.25) is 0 Å². The van der Waals surface area contributed by atoms with Crippen molar-refractivity contribution < 1.29 is 19.6 Å². The Labute approximate surface area is 108 Å². The standard InChI is InChI=1S/C11H13N3O5/c1-7-5-12-10(4-8(7)14(17)18)13-2-3-19-9(6-13)11(15)16/h4-5,9H,2-3,6H2,1H3,(H,15,16). The molecule has 8 heteroatoms. The van der Waals surface area contributed by atoms with Crippen LogP contribution < -0.4 is 4.90 Å². The summed E-state index contributed by atoms with van der Waals surface area (Å²) in [6.07, 6.45) is 0.481. The first-order valence-electron chi connectivity index (χ1n) is 5.69. The van der Waals surface area contributed by atoms with Crippen LogP contribution in [0.3, 0.4) is 0 Å². The fraction of sp³-hybridized carbons (Fsp3) is 0.455. The molecule has 0 spiro atoms. The van der Waals surface area contributed by atoms with Crippen molar-refractivity contribution in [2.24, 2.45) is 0 Å². The maximum absolute atomic E-state index is 10.9. The van der Waals surface area contributed by atoms with E-state index in [0.717, 1.165) is 0 Å². The third-order valence-electron chi connectivity index (χ3n) is 2.92. The van der Waals surface area contributed by atoms with Gasteiger partial charge in [-0.05, 0) is 6.92 Å². The minimum atomic E-state index is -1.05. The molecule has 2 rings (SSSR count). The Morgan fingerprint density at radius 3 is 3.05 bits per heavy atom. The molecular formula is C11H13N3O5. The highest BCUT2D eigenvalue weighted by atomic mass is 16.6. The van der Waals surface area contributed by atoms with Crippen molar-refractivity contribution in [1.29, 1.82) is 0 Å². The number of anilines is 1. The maximum atomic E-state index is 10.9. The molecule has 0 saturated carbocycles. The number of nitro groups is 1. The van der Waals surface area contributed by atoms with Gasteiger partial charge in [0.15, 0.2) is 6.10 Å². The van der Waals surface area contributed by atoms with Crippen LogP contribution in [0.4, 0.5) is 11.5 Å². The summed E-state index contributed by atoms with van der Waals surface area (Å²) in [4.78, 5) is 27.1. The molecule has 0 radical (unpaired) electrons. The Bertz CT molecular complexity index is 519. The molecule has 0 aliphatic carbocycles. The summed E-state index contributed by atoms with van der Waals surface area (Å²) in [6, 6.07) is 1.36. The number of carboxylic acids is 1. The van der Waals surface area contributed by atoms with E-state index in [4.69, 9.17) is 9.84 Å². The lowest BCUT2D eigenvalue weighted by Crippen LogP contribution is -2.46. The van der Waals surface area contributed by atoms with Crippen LogP contribution in [0, 0.1) is 17.0 Å². The molecule has 0 amide bonds. The predicted molar refractivity (Wildman–Crippen MR) is 65.2 cm³/mol. The lowest BCUT2D eigenvalue weighted by Gasteiger charge is -2.31. The molecule has 1 saturated heterocycles. The monoisotopic (exact) mass is 267 g/mol. The maximum Gasteiger partial charge on any atom is 0.334 e. The molecule has 2 heterocycles. The Kier molecular flexibility index (Phi) is 3.61. The van der Waals surface area contributed by atoms with Gasteiger partial charge in [-0.15, -0.1) is 0 Å². The molecule has 102 valence electrons. The van der Waals surface area contributed by atoms with Crippen LogP contribution in [0.25, 0.3) is 0 Å². The number of hydrogen-bond donors (Lipinski definition) is 1. The number of aliphatic carboxylic acids is 1. The molecule has 1 fully saturated rings. The minimum absolute atomic E-state index is 0.0247. The summed E-state index contributed by atoms with van der Waals surface area (Å²) in [7, 11) is 0. The first-order valence-corrected chi connectivity index (χ1v) is 5.69. The van der Waals surface area contributed by atoms with Gasteiger partial charge >= 0.3 is 5.97 Å². The van der Waals surface area contributed by atoms with E-state index >= 15 is 0 Å². The molecule has 1 unspecified atom stereocenters. The number of morpholine rings is 1. The Morgan fingerprint density at radius 2 is 2.42 bits per heavy atom. The fourth-order valence-electron chi connectivity index (χ4n) is 1.88. The first kappa shape index (κ1) is 13.2. The van der Waals surface area contributed by atoms with E-state index in [9.17, 15) is 14.9 Å². The second-order valence-electron chi connectivity index (χ2n) is 4.23. The van der Waals surface area contributed by atoms with Gasteiger partial charge in [-0.3, -0.25) is 10.1 Å². The highest BCUT2D eigenvalue weighted by molar-refractivity contribution is 5.73. The van der Waals surface area contributed by atoms with Crippen LogP contribution in [0.2, 0.25) is 0 Å². The smallest absolute Gasteiger partial charge is 0.334 e. The molecule has 0 aromatic carbocycles. The van der Waals surface area contributed by atoms with Gasteiger partial charge in [0.25, 0.3) is 5.69 Å². The molecule has 1 aliphatic heterocycles. The summed E-state index contributed by atoms with van der Waals surface area (Å²) < 4.78 is 5.09. The molecule has 1 aliphatic rings. The van der Waals surface area contributed by atoms with Crippen LogP contribution in [0.15, 0.2) is 12.3 Å². The largest absolute Gasteiger partial charge is 0.479 e. The molecule has 1 N–H and O–H groups in total. The third-order valence-corrected chi connectivity index (χ3v) is 2.92. The van der Waals surface area contributed by atoms with Gasteiger partial charge in [-0.25, -0.2) is 9.78 Å². The van der Waals surface area contributed by atoms with Crippen molar-refractivity contribution in [3.8, 4) is 0 Å². The van der Waals surface area contributed by atoms with E-state index in [1.165, 1.54) is 12.3 Å². The van der Waals surface area contributed by atoms with E-state index in [-0.39, 0.29) is 18.8 Å². The molecule has 1 aromatic heterocycles. The van der Waals surface area contributed by atoms with Crippen molar-refractivity contribution in [3.63, 3.8) is 0 Å². The average molecular weight is 267 g/mol. The second kappa shape index (κ2) is 5.19. The molecule has 1 aromatic rings. The SMILES string of the molecule is Cc1cnc(N2CCOC(C(=O)O)C2)cc1[N+](=O)[O-]. The lowest BCUT2D eigenvalue weighted by atomic mass is 10.2. The van der Waals surface area contributed by atoms with E-state index in [1.807, 2.05) is 0 Å². The highest BCUT2D eigenvalue weighted by Crippen LogP contribution is 2.23. The predicted octanol–water partition coefficient (Wildman–Crippen LogP) is 0.588. The van der Waals surface area contributed by atoms with Gasteiger partial charge < -0.3 is 14.7 Å². The number of pyridine rings is 1. The average Bonchev–Trinajstić information content (AvgIpc) is 2.39. The van der Waals surface area contributed by atoms with Gasteiger partial charge in [0, 0.05) is 18.3 Å². The Morgan fingerprint density at radius 1 is 1.68 bits per heavy atom.